The van der Waals surface area contributed by atoms with Crippen LogP contribution in [0.5, 0.6) is 11.5 Å². The van der Waals surface area contributed by atoms with E-state index in [1.54, 1.807) is 6.07 Å². The van der Waals surface area contributed by atoms with Gasteiger partial charge in [0.2, 0.25) is 0 Å². The molecule has 1 N–H and O–H groups in total. The summed E-state index contributed by atoms with van der Waals surface area (Å²) in [4.78, 5) is 18.4. The fraction of sp³-hybridized carbons (Fsp3) is 0.406. The average molecular weight is 515 g/mol. The smallest absolute Gasteiger partial charge is 0.255 e. The Bertz CT molecular complexity index is 1280. The van der Waals surface area contributed by atoms with Crippen molar-refractivity contribution in [3.8, 4) is 11.5 Å². The van der Waals surface area contributed by atoms with Gasteiger partial charge >= 0.3 is 0 Å². The lowest BCUT2D eigenvalue weighted by Crippen LogP contribution is -2.49. The molecule has 38 heavy (non-hydrogen) atoms. The van der Waals surface area contributed by atoms with Crippen molar-refractivity contribution in [2.24, 2.45) is 5.92 Å². The van der Waals surface area contributed by atoms with Crippen molar-refractivity contribution < 1.29 is 19.0 Å². The third-order valence-electron chi connectivity index (χ3n) is 8.44. The number of amides is 1. The van der Waals surface area contributed by atoms with E-state index in [1.807, 2.05) is 54.6 Å². The molecule has 1 saturated heterocycles. The number of carbonyl (C=O) groups excluding carboxylic acids is 1. The minimum absolute atomic E-state index is 0.0469. The number of rotatable bonds is 8. The van der Waals surface area contributed by atoms with Crippen LogP contribution in [-0.4, -0.2) is 59.3 Å². The molecule has 1 spiro atoms. The van der Waals surface area contributed by atoms with Crippen molar-refractivity contribution in [3.63, 3.8) is 0 Å². The number of nitrogens with zero attached hydrogens (tertiary/aromatic N) is 2. The summed E-state index contributed by atoms with van der Waals surface area (Å²) in [5.41, 5.74) is 3.70. The first-order valence-corrected chi connectivity index (χ1v) is 13.8. The molecule has 0 radical (unpaired) electrons. The van der Waals surface area contributed by atoms with E-state index in [0.717, 1.165) is 67.8 Å². The molecule has 0 aromatic heterocycles. The zero-order chi connectivity index (χ0) is 26.1. The van der Waals surface area contributed by atoms with Crippen LogP contribution in [0.25, 0.3) is 0 Å². The van der Waals surface area contributed by atoms with Gasteiger partial charge in [-0.25, -0.2) is 0 Å². The number of carbonyl (C=O) groups is 1. The molecule has 3 aromatic rings. The average Bonchev–Trinajstić information content (AvgIpc) is 3.55. The highest BCUT2D eigenvalue weighted by Crippen LogP contribution is 2.55. The Balaban J connectivity index is 1.25. The van der Waals surface area contributed by atoms with Gasteiger partial charge in [-0.15, -0.1) is 0 Å². The van der Waals surface area contributed by atoms with Crippen molar-refractivity contribution in [2.75, 3.05) is 32.9 Å². The standard InChI is InChI=1S/C32H35FN2O3/c33-16-4-17-34-18-13-23(21-34)22-38-28-10-7-24(8-11-28)30-29-12-9-27(36)19-26(29)20-32(14-15-32)35(30)31(37)25-5-2-1-3-6-25/h1-3,5-12,19,23,30,36H,4,13-18,20-22H2. The van der Waals surface area contributed by atoms with Crippen molar-refractivity contribution >= 4 is 5.91 Å². The lowest BCUT2D eigenvalue weighted by molar-refractivity contribution is 0.0541. The van der Waals surface area contributed by atoms with E-state index >= 15 is 0 Å². The maximum Gasteiger partial charge on any atom is 0.255 e. The Hall–Kier alpha value is -3.38. The molecule has 6 rings (SSSR count). The highest BCUT2D eigenvalue weighted by Gasteiger charge is 2.56. The highest BCUT2D eigenvalue weighted by atomic mass is 19.1. The predicted octanol–water partition coefficient (Wildman–Crippen LogP) is 5.77. The largest absolute Gasteiger partial charge is 0.508 e. The number of benzene rings is 3. The summed E-state index contributed by atoms with van der Waals surface area (Å²) < 4.78 is 18.6. The molecule has 1 saturated carbocycles. The van der Waals surface area contributed by atoms with E-state index in [2.05, 4.69) is 21.9 Å². The van der Waals surface area contributed by atoms with Gasteiger partial charge in [0.15, 0.2) is 0 Å². The number of ether oxygens (including phenoxy) is 1. The van der Waals surface area contributed by atoms with E-state index in [9.17, 15) is 14.3 Å². The van der Waals surface area contributed by atoms with Crippen LogP contribution in [0.2, 0.25) is 0 Å². The quantitative estimate of drug-likeness (QED) is 0.415. The van der Waals surface area contributed by atoms with Gasteiger partial charge in [0.05, 0.1) is 19.3 Å². The molecular weight excluding hydrogens is 479 g/mol. The topological polar surface area (TPSA) is 53.0 Å². The second kappa shape index (κ2) is 10.4. The van der Waals surface area contributed by atoms with Crippen LogP contribution < -0.4 is 4.74 Å². The number of halogens is 1. The Morgan fingerprint density at radius 2 is 1.84 bits per heavy atom. The zero-order valence-corrected chi connectivity index (χ0v) is 21.7. The third kappa shape index (κ3) is 4.90. The SMILES string of the molecule is O=C(c1ccccc1)N1C(c2ccc(OCC3CCN(CCCF)C3)cc2)c2ccc(O)cc2CC12CC2. The van der Waals surface area contributed by atoms with Crippen molar-refractivity contribution in [1.82, 2.24) is 9.80 Å². The summed E-state index contributed by atoms with van der Waals surface area (Å²) in [5.74, 6) is 1.59. The fourth-order valence-corrected chi connectivity index (χ4v) is 6.30. The minimum atomic E-state index is -0.258. The van der Waals surface area contributed by atoms with Crippen LogP contribution in [0, 0.1) is 5.92 Å². The predicted molar refractivity (Wildman–Crippen MR) is 145 cm³/mol. The van der Waals surface area contributed by atoms with Gasteiger partial charge in [-0.05, 0) is 91.7 Å². The number of hydrogen-bond donors (Lipinski definition) is 1. The van der Waals surface area contributed by atoms with E-state index in [1.165, 1.54) is 0 Å². The van der Waals surface area contributed by atoms with Gasteiger partial charge in [0.1, 0.15) is 11.5 Å². The van der Waals surface area contributed by atoms with Crippen LogP contribution in [0.3, 0.4) is 0 Å². The Morgan fingerprint density at radius 3 is 2.58 bits per heavy atom. The van der Waals surface area contributed by atoms with E-state index in [4.69, 9.17) is 4.74 Å². The second-order valence-corrected chi connectivity index (χ2v) is 11.1. The Kier molecular flexibility index (Phi) is 6.83. The maximum atomic E-state index is 14.0. The molecule has 3 aliphatic rings. The minimum Gasteiger partial charge on any atom is -0.508 e. The molecule has 2 aliphatic heterocycles. The maximum absolute atomic E-state index is 14.0. The number of fused-ring (bicyclic) bond motifs is 1. The van der Waals surface area contributed by atoms with Crippen LogP contribution in [0.4, 0.5) is 4.39 Å². The number of phenolic OH excluding ortho intramolecular Hbond substituents is 1. The molecule has 2 heterocycles. The molecule has 2 fully saturated rings. The third-order valence-corrected chi connectivity index (χ3v) is 8.44. The zero-order valence-electron chi connectivity index (χ0n) is 21.7. The molecule has 198 valence electrons. The molecule has 1 aliphatic carbocycles. The first kappa shape index (κ1) is 24.9. The molecule has 2 atom stereocenters. The van der Waals surface area contributed by atoms with Crippen LogP contribution >= 0.6 is 0 Å². The van der Waals surface area contributed by atoms with Crippen molar-refractivity contribution in [1.29, 1.82) is 0 Å². The highest BCUT2D eigenvalue weighted by molar-refractivity contribution is 5.96. The Morgan fingerprint density at radius 1 is 1.05 bits per heavy atom. The lowest BCUT2D eigenvalue weighted by atomic mass is 9.82. The number of phenols is 1. The summed E-state index contributed by atoms with van der Waals surface area (Å²) in [5, 5.41) is 10.2. The first-order chi connectivity index (χ1) is 18.6. The van der Waals surface area contributed by atoms with Crippen LogP contribution in [0.1, 0.15) is 58.8 Å². The monoisotopic (exact) mass is 514 g/mol. The number of alkyl halides is 1. The van der Waals surface area contributed by atoms with E-state index in [-0.39, 0.29) is 29.9 Å². The molecule has 6 heteroatoms. The van der Waals surface area contributed by atoms with Gasteiger partial charge < -0.3 is 19.6 Å². The van der Waals surface area contributed by atoms with Crippen LogP contribution in [0.15, 0.2) is 72.8 Å². The Labute approximate surface area is 223 Å². The van der Waals surface area contributed by atoms with Gasteiger partial charge in [0.25, 0.3) is 5.91 Å². The number of hydrogen-bond acceptors (Lipinski definition) is 4. The van der Waals surface area contributed by atoms with Crippen LogP contribution in [-0.2, 0) is 6.42 Å². The number of aromatic hydroxyl groups is 1. The van der Waals surface area contributed by atoms with E-state index in [0.29, 0.717) is 24.5 Å². The van der Waals surface area contributed by atoms with Crippen molar-refractivity contribution in [2.45, 2.75) is 43.7 Å². The fourth-order valence-electron chi connectivity index (χ4n) is 6.30. The van der Waals surface area contributed by atoms with Gasteiger partial charge in [-0.2, -0.15) is 0 Å². The van der Waals surface area contributed by atoms with Crippen molar-refractivity contribution in [3.05, 3.63) is 95.1 Å². The van der Waals surface area contributed by atoms with E-state index < -0.39 is 0 Å². The summed E-state index contributed by atoms with van der Waals surface area (Å²) in [6.45, 7) is 3.19. The second-order valence-electron chi connectivity index (χ2n) is 11.1. The normalized spacial score (nSPS) is 21.9. The molecular formula is C32H35FN2O3. The summed E-state index contributed by atoms with van der Waals surface area (Å²) >= 11 is 0. The summed E-state index contributed by atoms with van der Waals surface area (Å²) in [7, 11) is 0. The molecule has 3 aromatic carbocycles. The number of likely N-dealkylation sites (tertiary alicyclic amines) is 1. The summed E-state index contributed by atoms with van der Waals surface area (Å²) in [6.07, 6.45) is 4.36. The first-order valence-electron chi connectivity index (χ1n) is 13.8. The summed E-state index contributed by atoms with van der Waals surface area (Å²) in [6, 6.07) is 23.0. The van der Waals surface area contributed by atoms with Gasteiger partial charge in [-0.1, -0.05) is 36.4 Å². The molecule has 1 amide bonds. The molecule has 5 nitrogen and oxygen atoms in total. The van der Waals surface area contributed by atoms with Gasteiger partial charge in [-0.3, -0.25) is 9.18 Å². The lowest BCUT2D eigenvalue weighted by Gasteiger charge is -2.44. The molecule has 0 bridgehead atoms. The molecule has 2 unspecified atom stereocenters. The van der Waals surface area contributed by atoms with Gasteiger partial charge in [0, 0.05) is 30.1 Å².